The molecule has 0 saturated heterocycles. The van der Waals surface area contributed by atoms with E-state index < -0.39 is 11.6 Å². The fourth-order valence-electron chi connectivity index (χ4n) is 3.20. The summed E-state index contributed by atoms with van der Waals surface area (Å²) < 4.78 is 6.22. The first kappa shape index (κ1) is 20.8. The van der Waals surface area contributed by atoms with Crippen molar-refractivity contribution in [2.45, 2.75) is 51.0 Å². The van der Waals surface area contributed by atoms with Crippen molar-refractivity contribution >= 4 is 11.8 Å². The molecule has 0 saturated carbocycles. The molecule has 0 radical (unpaired) electrons. The molecule has 2 aromatic rings. The third-order valence-electron chi connectivity index (χ3n) is 4.68. The number of unbranched alkanes of at least 4 members (excludes halogenated alkanes) is 3. The lowest BCUT2D eigenvalue weighted by molar-refractivity contribution is -0.138. The minimum Gasteiger partial charge on any atom is -0.481 e. The fraction of sp³-hybridized carbons (Fsp3) is 0.391. The van der Waals surface area contributed by atoms with Gasteiger partial charge in [0.05, 0.1) is 0 Å². The Morgan fingerprint density at radius 1 is 0.926 bits per heavy atom. The Labute approximate surface area is 161 Å². The molecule has 0 heterocycles. The topological polar surface area (TPSA) is 63.6 Å². The molecule has 2 rings (SSSR count). The van der Waals surface area contributed by atoms with Crippen molar-refractivity contribution in [3.63, 3.8) is 0 Å². The van der Waals surface area contributed by atoms with Crippen LogP contribution in [-0.2, 0) is 15.1 Å². The molecule has 1 atom stereocenters. The van der Waals surface area contributed by atoms with Gasteiger partial charge in [0.15, 0.2) is 11.4 Å². The number of hydrogen-bond acceptors (Lipinski definition) is 3. The first-order valence-electron chi connectivity index (χ1n) is 9.61. The van der Waals surface area contributed by atoms with Gasteiger partial charge >= 0.3 is 5.97 Å². The molecule has 2 aromatic carbocycles. The molecule has 0 amide bonds. The molecular weight excluding hydrogens is 340 g/mol. The number of ketones is 1. The molecule has 0 bridgehead atoms. The van der Waals surface area contributed by atoms with Crippen LogP contribution in [0.2, 0.25) is 0 Å². The molecule has 0 spiro atoms. The van der Waals surface area contributed by atoms with Gasteiger partial charge in [-0.05, 0) is 18.4 Å². The van der Waals surface area contributed by atoms with Crippen LogP contribution in [0.3, 0.4) is 0 Å². The number of carboxylic acids is 1. The number of carboxylic acid groups (broad SMARTS) is 1. The summed E-state index contributed by atoms with van der Waals surface area (Å²) in [5.74, 6) is -1.13. The molecule has 0 aliphatic heterocycles. The maximum Gasteiger partial charge on any atom is 0.303 e. The van der Waals surface area contributed by atoms with E-state index in [9.17, 15) is 14.7 Å². The molecule has 0 fully saturated rings. The van der Waals surface area contributed by atoms with Crippen LogP contribution >= 0.6 is 0 Å². The van der Waals surface area contributed by atoms with Crippen LogP contribution in [0.5, 0.6) is 0 Å². The van der Waals surface area contributed by atoms with Crippen molar-refractivity contribution < 1.29 is 19.4 Å². The smallest absolute Gasteiger partial charge is 0.303 e. The Balaban J connectivity index is 2.38. The fourth-order valence-corrected chi connectivity index (χ4v) is 3.20. The quantitative estimate of drug-likeness (QED) is 0.412. The van der Waals surface area contributed by atoms with Crippen molar-refractivity contribution in [3.8, 4) is 0 Å². The first-order valence-corrected chi connectivity index (χ1v) is 9.61. The minimum atomic E-state index is -1.28. The van der Waals surface area contributed by atoms with Crippen LogP contribution in [0.15, 0.2) is 60.7 Å². The SMILES string of the molecule is CCCCCCOC(CCC(=O)O)(C(=O)c1ccccc1)c1ccccc1. The minimum absolute atomic E-state index is 0.105. The summed E-state index contributed by atoms with van der Waals surface area (Å²) >= 11 is 0. The van der Waals surface area contributed by atoms with Gasteiger partial charge in [0, 0.05) is 18.6 Å². The molecule has 1 unspecified atom stereocenters. The van der Waals surface area contributed by atoms with Crippen LogP contribution in [0.25, 0.3) is 0 Å². The zero-order valence-corrected chi connectivity index (χ0v) is 15.9. The van der Waals surface area contributed by atoms with Crippen molar-refractivity contribution in [1.82, 2.24) is 0 Å². The number of Topliss-reactive ketones (excluding diaryl/α,β-unsaturated/α-hetero) is 1. The Bertz CT molecular complexity index is 712. The van der Waals surface area contributed by atoms with Crippen molar-refractivity contribution in [3.05, 3.63) is 71.8 Å². The van der Waals surface area contributed by atoms with Gasteiger partial charge in [-0.3, -0.25) is 9.59 Å². The molecule has 1 N–H and O–H groups in total. The van der Waals surface area contributed by atoms with E-state index in [1.165, 1.54) is 0 Å². The lowest BCUT2D eigenvalue weighted by atomic mass is 9.82. The molecular formula is C23H28O4. The number of hydrogen-bond donors (Lipinski definition) is 1. The lowest BCUT2D eigenvalue weighted by Crippen LogP contribution is -2.40. The second-order valence-electron chi connectivity index (χ2n) is 6.69. The molecule has 144 valence electrons. The average molecular weight is 368 g/mol. The van der Waals surface area contributed by atoms with E-state index in [2.05, 4.69) is 6.92 Å². The zero-order valence-electron chi connectivity index (χ0n) is 15.9. The molecule has 4 heteroatoms. The Morgan fingerprint density at radius 3 is 2.15 bits per heavy atom. The van der Waals surface area contributed by atoms with Crippen molar-refractivity contribution in [2.24, 2.45) is 0 Å². The number of carbonyl (C=O) groups excluding carboxylic acids is 1. The third kappa shape index (κ3) is 5.76. The molecule has 0 aliphatic rings. The highest BCUT2D eigenvalue weighted by Crippen LogP contribution is 2.35. The highest BCUT2D eigenvalue weighted by molar-refractivity contribution is 6.03. The van der Waals surface area contributed by atoms with Crippen LogP contribution in [0.1, 0.15) is 61.4 Å². The zero-order chi connectivity index (χ0) is 19.5. The molecule has 4 nitrogen and oxygen atoms in total. The molecule has 0 aromatic heterocycles. The van der Waals surface area contributed by atoms with E-state index in [0.717, 1.165) is 25.7 Å². The second-order valence-corrected chi connectivity index (χ2v) is 6.69. The average Bonchev–Trinajstić information content (AvgIpc) is 2.71. The largest absolute Gasteiger partial charge is 0.481 e. The number of benzene rings is 2. The van der Waals surface area contributed by atoms with Crippen molar-refractivity contribution in [1.29, 1.82) is 0 Å². The Morgan fingerprint density at radius 2 is 1.56 bits per heavy atom. The predicted octanol–water partition coefficient (Wildman–Crippen LogP) is 5.23. The predicted molar refractivity (Wildman–Crippen MR) is 106 cm³/mol. The van der Waals surface area contributed by atoms with Gasteiger partial charge in [-0.25, -0.2) is 0 Å². The number of aliphatic carboxylic acids is 1. The van der Waals surface area contributed by atoms with Gasteiger partial charge in [-0.2, -0.15) is 0 Å². The summed E-state index contributed by atoms with van der Waals surface area (Å²) in [5.41, 5.74) is -0.0522. The Hall–Kier alpha value is -2.46. The second kappa shape index (κ2) is 10.6. The third-order valence-corrected chi connectivity index (χ3v) is 4.68. The summed E-state index contributed by atoms with van der Waals surface area (Å²) in [6.45, 7) is 2.56. The summed E-state index contributed by atoms with van der Waals surface area (Å²) in [6, 6.07) is 18.2. The summed E-state index contributed by atoms with van der Waals surface area (Å²) in [4.78, 5) is 24.8. The summed E-state index contributed by atoms with van der Waals surface area (Å²) in [5, 5.41) is 9.25. The van der Waals surface area contributed by atoms with E-state index >= 15 is 0 Å². The van der Waals surface area contributed by atoms with Gasteiger partial charge in [0.1, 0.15) is 0 Å². The monoisotopic (exact) mass is 368 g/mol. The van der Waals surface area contributed by atoms with Gasteiger partial charge < -0.3 is 9.84 Å². The number of ether oxygens (including phenoxy) is 1. The van der Waals surface area contributed by atoms with Gasteiger partial charge in [0.2, 0.25) is 0 Å². The number of carbonyl (C=O) groups is 2. The van der Waals surface area contributed by atoms with Crippen LogP contribution in [0, 0.1) is 0 Å². The van der Waals surface area contributed by atoms with E-state index in [-0.39, 0.29) is 18.6 Å². The van der Waals surface area contributed by atoms with Gasteiger partial charge in [0.25, 0.3) is 0 Å². The normalized spacial score (nSPS) is 13.1. The number of rotatable bonds is 12. The maximum atomic E-state index is 13.5. The van der Waals surface area contributed by atoms with Gasteiger partial charge in [-0.1, -0.05) is 86.8 Å². The summed E-state index contributed by atoms with van der Waals surface area (Å²) in [7, 11) is 0. The lowest BCUT2D eigenvalue weighted by Gasteiger charge is -2.33. The highest BCUT2D eigenvalue weighted by Gasteiger charge is 2.41. The van der Waals surface area contributed by atoms with Crippen LogP contribution in [-0.4, -0.2) is 23.5 Å². The van der Waals surface area contributed by atoms with Crippen LogP contribution in [0.4, 0.5) is 0 Å². The standard InChI is InChI=1S/C23H28O4/c1-2-3-4-11-18-27-23(17-16-21(24)25,20-14-9-6-10-15-20)22(26)19-12-7-5-8-13-19/h5-10,12-15H,2-4,11,16-18H2,1H3,(H,24,25). The van der Waals surface area contributed by atoms with E-state index in [4.69, 9.17) is 4.74 Å². The molecule has 27 heavy (non-hydrogen) atoms. The van der Waals surface area contributed by atoms with Crippen LogP contribution < -0.4 is 0 Å². The van der Waals surface area contributed by atoms with Gasteiger partial charge in [-0.15, -0.1) is 0 Å². The van der Waals surface area contributed by atoms with E-state index in [1.807, 2.05) is 36.4 Å². The van der Waals surface area contributed by atoms with E-state index in [0.29, 0.717) is 17.7 Å². The first-order chi connectivity index (χ1) is 13.1. The highest BCUT2D eigenvalue weighted by atomic mass is 16.5. The Kier molecular flexibility index (Phi) is 8.21. The molecule has 0 aliphatic carbocycles. The van der Waals surface area contributed by atoms with Crippen molar-refractivity contribution in [2.75, 3.05) is 6.61 Å². The maximum absolute atomic E-state index is 13.5. The van der Waals surface area contributed by atoms with E-state index in [1.54, 1.807) is 24.3 Å². The summed E-state index contributed by atoms with van der Waals surface area (Å²) in [6.07, 6.45) is 4.07.